The van der Waals surface area contributed by atoms with E-state index in [1.165, 1.54) is 57.8 Å². The van der Waals surface area contributed by atoms with Gasteiger partial charge in [0.05, 0.1) is 6.61 Å². The summed E-state index contributed by atoms with van der Waals surface area (Å²) in [5, 5.41) is 16.3. The van der Waals surface area contributed by atoms with Crippen molar-refractivity contribution in [3.05, 3.63) is 0 Å². The second-order valence-electron chi connectivity index (χ2n) is 10.3. The van der Waals surface area contributed by atoms with E-state index in [0.29, 0.717) is 18.4 Å². The molecule has 0 bridgehead atoms. The minimum absolute atomic E-state index is 0.201. The van der Waals surface area contributed by atoms with Crippen molar-refractivity contribution in [2.75, 3.05) is 27.2 Å². The number of nitrogens with zero attached hydrogens (tertiary/aromatic N) is 1. The molecule has 0 aromatic rings. The first-order chi connectivity index (χ1) is 16.4. The Balaban J connectivity index is 4.01. The molecule has 0 saturated carbocycles. The Bertz CT molecular complexity index is 482. The summed E-state index contributed by atoms with van der Waals surface area (Å²) in [7, 11) is 4.15. The van der Waals surface area contributed by atoms with Crippen LogP contribution in [0.3, 0.4) is 0 Å². The minimum Gasteiger partial charge on any atom is -0.481 e. The summed E-state index contributed by atoms with van der Waals surface area (Å²) in [5.41, 5.74) is 0. The molecule has 2 N–H and O–H groups in total. The van der Waals surface area contributed by atoms with Crippen LogP contribution in [0.5, 0.6) is 0 Å². The van der Waals surface area contributed by atoms with Gasteiger partial charge in [-0.2, -0.15) is 0 Å². The van der Waals surface area contributed by atoms with Crippen LogP contribution < -0.4 is 0 Å². The first-order valence-corrected chi connectivity index (χ1v) is 14.5. The van der Waals surface area contributed by atoms with Gasteiger partial charge in [0.25, 0.3) is 0 Å². The van der Waals surface area contributed by atoms with Gasteiger partial charge in [-0.3, -0.25) is 10.8 Å². The van der Waals surface area contributed by atoms with Crippen LogP contribution in [0.25, 0.3) is 0 Å². The number of hydrogen-bond donors (Lipinski definition) is 2. The Morgan fingerprint density at radius 1 is 0.676 bits per heavy atom. The molecule has 0 saturated heterocycles. The van der Waals surface area contributed by atoms with E-state index in [2.05, 4.69) is 39.8 Å². The maximum atomic E-state index is 8.22. The fourth-order valence-electron chi connectivity index (χ4n) is 4.35. The van der Waals surface area contributed by atoms with Gasteiger partial charge in [-0.15, -0.1) is 0 Å². The SMILES string of the molecule is CCCCCCC(CCCCCCOC(=N)CCC(CC)CCCC)OC(=N)CCCN(C)C. The van der Waals surface area contributed by atoms with Gasteiger partial charge < -0.3 is 14.4 Å². The molecule has 0 fully saturated rings. The smallest absolute Gasteiger partial charge is 0.180 e. The van der Waals surface area contributed by atoms with Crippen LogP contribution in [0.1, 0.15) is 136 Å². The third kappa shape index (κ3) is 21.4. The Hall–Kier alpha value is -1.10. The second-order valence-corrected chi connectivity index (χ2v) is 10.3. The van der Waals surface area contributed by atoms with E-state index in [-0.39, 0.29) is 6.10 Å². The molecule has 0 spiro atoms. The van der Waals surface area contributed by atoms with E-state index < -0.39 is 0 Å². The van der Waals surface area contributed by atoms with E-state index in [4.69, 9.17) is 20.3 Å². The standard InChI is InChI=1S/C29H59N3O2/c1-6-9-11-14-19-27(34-29(31)21-17-24-32(4)5)20-15-12-13-16-25-33-28(30)23-22-26(8-3)18-10-7-2/h26-27,30-31H,6-25H2,1-5H3. The maximum Gasteiger partial charge on any atom is 0.180 e. The summed E-state index contributed by atoms with van der Waals surface area (Å²) >= 11 is 0. The van der Waals surface area contributed by atoms with Gasteiger partial charge in [0.1, 0.15) is 6.10 Å². The van der Waals surface area contributed by atoms with Gasteiger partial charge in [-0.25, -0.2) is 0 Å². The van der Waals surface area contributed by atoms with E-state index >= 15 is 0 Å². The maximum absolute atomic E-state index is 8.22. The number of ether oxygens (including phenoxy) is 2. The second kappa shape index (κ2) is 23.6. The van der Waals surface area contributed by atoms with Gasteiger partial charge in [0.15, 0.2) is 11.8 Å². The van der Waals surface area contributed by atoms with Gasteiger partial charge in [0, 0.05) is 12.8 Å². The monoisotopic (exact) mass is 481 g/mol. The summed E-state index contributed by atoms with van der Waals surface area (Å²) in [6.45, 7) is 8.44. The van der Waals surface area contributed by atoms with Crippen molar-refractivity contribution in [2.45, 2.75) is 142 Å². The molecular formula is C29H59N3O2. The van der Waals surface area contributed by atoms with E-state index in [1.54, 1.807) is 0 Å². The van der Waals surface area contributed by atoms with Crippen LogP contribution in [-0.2, 0) is 9.47 Å². The van der Waals surface area contributed by atoms with Crippen LogP contribution in [-0.4, -0.2) is 50.0 Å². The molecule has 0 aliphatic rings. The van der Waals surface area contributed by atoms with Crippen molar-refractivity contribution < 1.29 is 9.47 Å². The third-order valence-electron chi connectivity index (χ3n) is 6.72. The van der Waals surface area contributed by atoms with Crippen LogP contribution >= 0.6 is 0 Å². The average molecular weight is 482 g/mol. The normalized spacial score (nSPS) is 13.1. The van der Waals surface area contributed by atoms with Gasteiger partial charge in [-0.1, -0.05) is 78.6 Å². The molecule has 0 heterocycles. The molecule has 5 heteroatoms. The number of unbranched alkanes of at least 4 members (excludes halogenated alkanes) is 7. The lowest BCUT2D eigenvalue weighted by Gasteiger charge is -2.20. The molecule has 2 atom stereocenters. The van der Waals surface area contributed by atoms with Crippen molar-refractivity contribution in [2.24, 2.45) is 5.92 Å². The van der Waals surface area contributed by atoms with Crippen molar-refractivity contribution in [3.63, 3.8) is 0 Å². The Morgan fingerprint density at radius 3 is 1.94 bits per heavy atom. The van der Waals surface area contributed by atoms with Crippen molar-refractivity contribution >= 4 is 11.8 Å². The topological polar surface area (TPSA) is 69.4 Å². The molecule has 0 aliphatic heterocycles. The lowest BCUT2D eigenvalue weighted by atomic mass is 9.94. The largest absolute Gasteiger partial charge is 0.481 e. The highest BCUT2D eigenvalue weighted by Crippen LogP contribution is 2.19. The zero-order valence-corrected chi connectivity index (χ0v) is 23.6. The Kier molecular flexibility index (Phi) is 22.9. The highest BCUT2D eigenvalue weighted by atomic mass is 16.5. The molecule has 0 radical (unpaired) electrons. The Labute approximate surface area is 212 Å². The van der Waals surface area contributed by atoms with E-state index in [1.807, 2.05) is 0 Å². The fourth-order valence-corrected chi connectivity index (χ4v) is 4.35. The number of nitrogens with one attached hydrogen (secondary N) is 2. The lowest BCUT2D eigenvalue weighted by molar-refractivity contribution is 0.152. The van der Waals surface area contributed by atoms with Crippen LogP contribution in [0.2, 0.25) is 0 Å². The lowest BCUT2D eigenvalue weighted by Crippen LogP contribution is -2.20. The first-order valence-electron chi connectivity index (χ1n) is 14.5. The fraction of sp³-hybridized carbons (Fsp3) is 0.931. The molecule has 0 amide bonds. The molecule has 202 valence electrons. The first kappa shape index (κ1) is 32.9. The summed E-state index contributed by atoms with van der Waals surface area (Å²) in [6.07, 6.45) is 20.5. The third-order valence-corrected chi connectivity index (χ3v) is 6.72. The minimum atomic E-state index is 0.201. The van der Waals surface area contributed by atoms with Crippen LogP contribution in [0.15, 0.2) is 0 Å². The van der Waals surface area contributed by atoms with Gasteiger partial charge in [-0.05, 0) is 71.5 Å². The average Bonchev–Trinajstić information content (AvgIpc) is 2.80. The highest BCUT2D eigenvalue weighted by Gasteiger charge is 2.13. The van der Waals surface area contributed by atoms with Gasteiger partial charge in [0.2, 0.25) is 0 Å². The van der Waals surface area contributed by atoms with Crippen molar-refractivity contribution in [3.8, 4) is 0 Å². The molecule has 0 aromatic carbocycles. The highest BCUT2D eigenvalue weighted by molar-refractivity contribution is 5.72. The molecule has 2 unspecified atom stereocenters. The zero-order valence-electron chi connectivity index (χ0n) is 23.6. The van der Waals surface area contributed by atoms with Crippen molar-refractivity contribution in [1.82, 2.24) is 4.90 Å². The molecule has 5 nitrogen and oxygen atoms in total. The summed E-state index contributed by atoms with van der Waals surface area (Å²) in [6, 6.07) is 0. The Morgan fingerprint density at radius 2 is 1.32 bits per heavy atom. The summed E-state index contributed by atoms with van der Waals surface area (Å²) in [5.74, 6) is 1.69. The van der Waals surface area contributed by atoms with Crippen LogP contribution in [0.4, 0.5) is 0 Å². The number of rotatable bonds is 24. The zero-order chi connectivity index (χ0) is 25.4. The summed E-state index contributed by atoms with van der Waals surface area (Å²) in [4.78, 5) is 2.16. The molecule has 0 aliphatic carbocycles. The van der Waals surface area contributed by atoms with E-state index in [9.17, 15) is 0 Å². The predicted octanol–water partition coefficient (Wildman–Crippen LogP) is 8.60. The molecular weight excluding hydrogens is 422 g/mol. The van der Waals surface area contributed by atoms with Crippen molar-refractivity contribution in [1.29, 1.82) is 10.8 Å². The van der Waals surface area contributed by atoms with E-state index in [0.717, 1.165) is 70.3 Å². The predicted molar refractivity (Wildman–Crippen MR) is 148 cm³/mol. The summed E-state index contributed by atoms with van der Waals surface area (Å²) < 4.78 is 11.7. The van der Waals surface area contributed by atoms with Gasteiger partial charge >= 0.3 is 0 Å². The van der Waals surface area contributed by atoms with Crippen LogP contribution in [0, 0.1) is 16.7 Å². The molecule has 34 heavy (non-hydrogen) atoms. The number of hydrogen-bond acceptors (Lipinski definition) is 5. The quantitative estimate of drug-likeness (QED) is 0.0823. The molecule has 0 rings (SSSR count). The molecule has 0 aromatic heterocycles.